The highest BCUT2D eigenvalue weighted by Crippen LogP contribution is 2.26. The Morgan fingerprint density at radius 3 is 2.79 bits per heavy atom. The molecule has 106 valence electrons. The van der Waals surface area contributed by atoms with E-state index in [-0.39, 0.29) is 11.7 Å². The van der Waals surface area contributed by atoms with E-state index in [9.17, 15) is 9.90 Å². The normalized spacial score (nSPS) is 10.5. The fourth-order valence-corrected chi connectivity index (χ4v) is 1.64. The minimum atomic E-state index is 0.0360. The van der Waals surface area contributed by atoms with Gasteiger partial charge < -0.3 is 20.1 Å². The molecule has 5 nitrogen and oxygen atoms in total. The standard InChI is InChI=1S/C14H22N2O3/c1-16(2)9-8-15-14(18)7-5-11-4-6-12(17)13(10-11)19-3/h4,6,10,17H,5,7-9H2,1-3H3,(H,15,18). The zero-order valence-corrected chi connectivity index (χ0v) is 11.8. The lowest BCUT2D eigenvalue weighted by molar-refractivity contribution is -0.121. The van der Waals surface area contributed by atoms with Crippen molar-refractivity contribution in [3.05, 3.63) is 23.8 Å². The average Bonchev–Trinajstić information content (AvgIpc) is 2.37. The number of nitrogens with one attached hydrogen (secondary N) is 1. The van der Waals surface area contributed by atoms with Crippen LogP contribution in [0.5, 0.6) is 11.5 Å². The largest absolute Gasteiger partial charge is 0.504 e. The summed E-state index contributed by atoms with van der Waals surface area (Å²) in [5.74, 6) is 0.584. The number of carbonyl (C=O) groups is 1. The van der Waals surface area contributed by atoms with Gasteiger partial charge in [-0.15, -0.1) is 0 Å². The van der Waals surface area contributed by atoms with Gasteiger partial charge in [-0.05, 0) is 38.2 Å². The predicted octanol–water partition coefficient (Wildman–Crippen LogP) is 1.01. The molecule has 0 saturated carbocycles. The molecule has 0 heterocycles. The second kappa shape index (κ2) is 7.63. The molecule has 0 spiro atoms. The summed E-state index contributed by atoms with van der Waals surface area (Å²) in [4.78, 5) is 13.6. The minimum Gasteiger partial charge on any atom is -0.504 e. The van der Waals surface area contributed by atoms with Crippen LogP contribution >= 0.6 is 0 Å². The summed E-state index contributed by atoms with van der Waals surface area (Å²) >= 11 is 0. The molecule has 0 bridgehead atoms. The summed E-state index contributed by atoms with van der Waals surface area (Å²) < 4.78 is 5.03. The summed E-state index contributed by atoms with van der Waals surface area (Å²) in [7, 11) is 5.44. The highest BCUT2D eigenvalue weighted by atomic mass is 16.5. The van der Waals surface area contributed by atoms with Gasteiger partial charge in [0.1, 0.15) is 0 Å². The molecule has 0 aliphatic heterocycles. The van der Waals surface area contributed by atoms with Crippen molar-refractivity contribution < 1.29 is 14.6 Å². The van der Waals surface area contributed by atoms with Crippen LogP contribution in [-0.4, -0.2) is 50.2 Å². The Morgan fingerprint density at radius 1 is 1.42 bits per heavy atom. The van der Waals surface area contributed by atoms with Crippen molar-refractivity contribution in [3.63, 3.8) is 0 Å². The van der Waals surface area contributed by atoms with E-state index in [0.29, 0.717) is 25.1 Å². The quantitative estimate of drug-likeness (QED) is 0.773. The van der Waals surface area contributed by atoms with E-state index in [1.54, 1.807) is 18.2 Å². The maximum atomic E-state index is 11.6. The minimum absolute atomic E-state index is 0.0360. The summed E-state index contributed by atoms with van der Waals surface area (Å²) in [6.07, 6.45) is 1.06. The van der Waals surface area contributed by atoms with Crippen molar-refractivity contribution in [2.45, 2.75) is 12.8 Å². The van der Waals surface area contributed by atoms with Gasteiger partial charge >= 0.3 is 0 Å². The van der Waals surface area contributed by atoms with Gasteiger partial charge in [0.2, 0.25) is 5.91 Å². The number of phenolic OH excluding ortho intramolecular Hbond substituents is 1. The van der Waals surface area contributed by atoms with Gasteiger partial charge in [-0.2, -0.15) is 0 Å². The van der Waals surface area contributed by atoms with Crippen molar-refractivity contribution in [1.82, 2.24) is 10.2 Å². The third kappa shape index (κ3) is 5.61. The van der Waals surface area contributed by atoms with Crippen LogP contribution in [0.4, 0.5) is 0 Å². The first-order valence-electron chi connectivity index (χ1n) is 6.30. The summed E-state index contributed by atoms with van der Waals surface area (Å²) in [6, 6.07) is 5.13. The molecule has 19 heavy (non-hydrogen) atoms. The van der Waals surface area contributed by atoms with Crippen molar-refractivity contribution in [2.24, 2.45) is 0 Å². The first kappa shape index (κ1) is 15.3. The molecule has 1 aromatic carbocycles. The van der Waals surface area contributed by atoms with E-state index in [1.807, 2.05) is 19.0 Å². The number of rotatable bonds is 7. The van der Waals surface area contributed by atoms with Gasteiger partial charge in [0, 0.05) is 19.5 Å². The maximum Gasteiger partial charge on any atom is 0.220 e. The van der Waals surface area contributed by atoms with Crippen LogP contribution in [0.2, 0.25) is 0 Å². The molecule has 0 aliphatic carbocycles. The number of hydrogen-bond acceptors (Lipinski definition) is 4. The lowest BCUT2D eigenvalue weighted by atomic mass is 10.1. The molecule has 0 aliphatic rings. The molecule has 0 unspecified atom stereocenters. The van der Waals surface area contributed by atoms with Crippen molar-refractivity contribution in [3.8, 4) is 11.5 Å². The molecule has 0 fully saturated rings. The SMILES string of the molecule is COc1cc(CCC(=O)NCCN(C)C)ccc1O. The number of hydrogen-bond donors (Lipinski definition) is 2. The van der Waals surface area contributed by atoms with Crippen LogP contribution in [0.3, 0.4) is 0 Å². The van der Waals surface area contributed by atoms with Gasteiger partial charge in [0.15, 0.2) is 11.5 Å². The fourth-order valence-electron chi connectivity index (χ4n) is 1.64. The molecule has 0 atom stereocenters. The number of methoxy groups -OCH3 is 1. The summed E-state index contributed by atoms with van der Waals surface area (Å²) in [6.45, 7) is 1.49. The van der Waals surface area contributed by atoms with Crippen LogP contribution in [0, 0.1) is 0 Å². The third-order valence-corrected chi connectivity index (χ3v) is 2.77. The monoisotopic (exact) mass is 266 g/mol. The molecule has 2 N–H and O–H groups in total. The Morgan fingerprint density at radius 2 is 2.16 bits per heavy atom. The van der Waals surface area contributed by atoms with E-state index in [0.717, 1.165) is 12.1 Å². The number of aromatic hydroxyl groups is 1. The molecule has 0 aromatic heterocycles. The van der Waals surface area contributed by atoms with E-state index in [2.05, 4.69) is 5.32 Å². The Labute approximate surface area is 114 Å². The van der Waals surface area contributed by atoms with Gasteiger partial charge in [0.25, 0.3) is 0 Å². The van der Waals surface area contributed by atoms with Crippen molar-refractivity contribution in [1.29, 1.82) is 0 Å². The van der Waals surface area contributed by atoms with Crippen molar-refractivity contribution >= 4 is 5.91 Å². The van der Waals surface area contributed by atoms with Crippen LogP contribution in [0.1, 0.15) is 12.0 Å². The number of carbonyl (C=O) groups excluding carboxylic acids is 1. The van der Waals surface area contributed by atoms with Crippen LogP contribution in [-0.2, 0) is 11.2 Å². The highest BCUT2D eigenvalue weighted by molar-refractivity contribution is 5.76. The smallest absolute Gasteiger partial charge is 0.220 e. The number of likely N-dealkylation sites (N-methyl/N-ethyl adjacent to an activating group) is 1. The molecule has 0 saturated heterocycles. The molecule has 5 heteroatoms. The lowest BCUT2D eigenvalue weighted by Crippen LogP contribution is -2.31. The average molecular weight is 266 g/mol. The third-order valence-electron chi connectivity index (χ3n) is 2.77. The van der Waals surface area contributed by atoms with Crippen LogP contribution in [0.15, 0.2) is 18.2 Å². The van der Waals surface area contributed by atoms with Gasteiger partial charge in [-0.3, -0.25) is 4.79 Å². The molecular formula is C14H22N2O3. The molecule has 1 amide bonds. The Balaban J connectivity index is 2.37. The van der Waals surface area contributed by atoms with Crippen LogP contribution < -0.4 is 10.1 Å². The molecule has 0 radical (unpaired) electrons. The highest BCUT2D eigenvalue weighted by Gasteiger charge is 2.05. The van der Waals surface area contributed by atoms with Gasteiger partial charge in [0.05, 0.1) is 7.11 Å². The summed E-state index contributed by atoms with van der Waals surface area (Å²) in [5.41, 5.74) is 0.970. The molecule has 1 rings (SSSR count). The van der Waals surface area contributed by atoms with E-state index < -0.39 is 0 Å². The Kier molecular flexibility index (Phi) is 6.15. The second-order valence-electron chi connectivity index (χ2n) is 4.66. The number of phenols is 1. The molecular weight excluding hydrogens is 244 g/mol. The van der Waals surface area contributed by atoms with E-state index in [4.69, 9.17) is 4.74 Å². The number of ether oxygens (including phenoxy) is 1. The van der Waals surface area contributed by atoms with Gasteiger partial charge in [-0.1, -0.05) is 6.07 Å². The van der Waals surface area contributed by atoms with E-state index in [1.165, 1.54) is 7.11 Å². The maximum absolute atomic E-state index is 11.6. The second-order valence-corrected chi connectivity index (χ2v) is 4.66. The Hall–Kier alpha value is -1.75. The number of amides is 1. The first-order valence-corrected chi connectivity index (χ1v) is 6.30. The lowest BCUT2D eigenvalue weighted by Gasteiger charge is -2.10. The summed E-state index contributed by atoms with van der Waals surface area (Å²) in [5, 5.41) is 12.3. The van der Waals surface area contributed by atoms with Gasteiger partial charge in [-0.25, -0.2) is 0 Å². The Bertz CT molecular complexity index is 419. The fraction of sp³-hybridized carbons (Fsp3) is 0.500. The van der Waals surface area contributed by atoms with Crippen LogP contribution in [0.25, 0.3) is 0 Å². The number of benzene rings is 1. The molecule has 1 aromatic rings. The predicted molar refractivity (Wildman–Crippen MR) is 74.5 cm³/mol. The zero-order chi connectivity index (χ0) is 14.3. The van der Waals surface area contributed by atoms with Crippen molar-refractivity contribution in [2.75, 3.05) is 34.3 Å². The number of aryl methyl sites for hydroxylation is 1. The first-order chi connectivity index (χ1) is 9.02. The zero-order valence-electron chi connectivity index (χ0n) is 11.8. The van der Waals surface area contributed by atoms with E-state index >= 15 is 0 Å². The topological polar surface area (TPSA) is 61.8 Å². The number of nitrogens with zero attached hydrogens (tertiary/aromatic N) is 1.